The summed E-state index contributed by atoms with van der Waals surface area (Å²) in [5.74, 6) is 0.440. The van der Waals surface area contributed by atoms with Crippen molar-refractivity contribution in [2.45, 2.75) is 44.1 Å². The van der Waals surface area contributed by atoms with E-state index in [0.29, 0.717) is 11.2 Å². The number of carbonyl (C=O) groups is 1. The first-order chi connectivity index (χ1) is 10.9. The fourth-order valence-electron chi connectivity index (χ4n) is 4.23. The Balaban J connectivity index is 1.54. The molecule has 23 heavy (non-hydrogen) atoms. The van der Waals surface area contributed by atoms with E-state index in [9.17, 15) is 9.90 Å². The third kappa shape index (κ3) is 3.61. The molecule has 1 aromatic heterocycles. The Morgan fingerprint density at radius 2 is 1.87 bits per heavy atom. The van der Waals surface area contributed by atoms with Gasteiger partial charge in [0.05, 0.1) is 11.9 Å². The Bertz CT molecular complexity index is 520. The van der Waals surface area contributed by atoms with E-state index in [0.717, 1.165) is 58.2 Å². The highest BCUT2D eigenvalue weighted by Gasteiger charge is 2.44. The second-order valence-corrected chi connectivity index (χ2v) is 7.73. The zero-order valence-electron chi connectivity index (χ0n) is 14.3. The summed E-state index contributed by atoms with van der Waals surface area (Å²) in [6.07, 6.45) is 7.51. The van der Waals surface area contributed by atoms with E-state index in [1.165, 1.54) is 0 Å². The minimum atomic E-state index is -0.532. The number of nitrogens with zero attached hydrogens (tertiary/aromatic N) is 2. The third-order valence-electron chi connectivity index (χ3n) is 5.70. The zero-order chi connectivity index (χ0) is 16.5. The minimum absolute atomic E-state index is 0.00442. The monoisotopic (exact) mass is 320 g/mol. The van der Waals surface area contributed by atoms with Gasteiger partial charge >= 0.3 is 0 Å². The second-order valence-electron chi connectivity index (χ2n) is 7.73. The van der Waals surface area contributed by atoms with E-state index in [-0.39, 0.29) is 5.91 Å². The predicted molar refractivity (Wildman–Crippen MR) is 88.3 cm³/mol. The Hall–Kier alpha value is -1.33. The number of carbonyl (C=O) groups excluding carboxylic acids is 1. The van der Waals surface area contributed by atoms with Crippen molar-refractivity contribution < 1.29 is 14.3 Å². The van der Waals surface area contributed by atoms with Gasteiger partial charge < -0.3 is 19.3 Å². The van der Waals surface area contributed by atoms with Gasteiger partial charge in [0.1, 0.15) is 0 Å². The van der Waals surface area contributed by atoms with E-state index in [4.69, 9.17) is 4.42 Å². The van der Waals surface area contributed by atoms with Crippen LogP contribution >= 0.6 is 0 Å². The molecule has 5 nitrogen and oxygen atoms in total. The van der Waals surface area contributed by atoms with Crippen LogP contribution in [0.25, 0.3) is 0 Å². The Morgan fingerprint density at radius 1 is 1.22 bits per heavy atom. The maximum atomic E-state index is 12.3. The van der Waals surface area contributed by atoms with Gasteiger partial charge in [0.25, 0.3) is 5.91 Å². The van der Waals surface area contributed by atoms with Crippen LogP contribution < -0.4 is 0 Å². The molecule has 1 spiro atoms. The molecule has 1 aliphatic carbocycles. The molecule has 2 heterocycles. The number of piperidine rings is 1. The highest BCUT2D eigenvalue weighted by molar-refractivity contribution is 5.91. The molecule has 1 N–H and O–H groups in total. The predicted octanol–water partition coefficient (Wildman–Crippen LogP) is 2.37. The van der Waals surface area contributed by atoms with Crippen molar-refractivity contribution in [3.05, 3.63) is 24.2 Å². The van der Waals surface area contributed by atoms with E-state index in [1.54, 1.807) is 18.4 Å². The number of likely N-dealkylation sites (tertiary alicyclic amines) is 1. The molecule has 0 atom stereocenters. The Kier molecular flexibility index (Phi) is 4.52. The smallest absolute Gasteiger partial charge is 0.289 e. The highest BCUT2D eigenvalue weighted by atomic mass is 16.3. The number of amides is 1. The summed E-state index contributed by atoms with van der Waals surface area (Å²) in [5.41, 5.74) is -0.214. The van der Waals surface area contributed by atoms with Gasteiger partial charge in [-0.15, -0.1) is 0 Å². The van der Waals surface area contributed by atoms with Crippen LogP contribution in [0.2, 0.25) is 0 Å². The molecule has 1 aromatic rings. The van der Waals surface area contributed by atoms with Crippen molar-refractivity contribution in [3.63, 3.8) is 0 Å². The van der Waals surface area contributed by atoms with Gasteiger partial charge in [0, 0.05) is 19.6 Å². The molecule has 2 fully saturated rings. The maximum Gasteiger partial charge on any atom is 0.289 e. The van der Waals surface area contributed by atoms with Crippen molar-refractivity contribution in [2.24, 2.45) is 5.41 Å². The molecule has 1 aliphatic heterocycles. The molecule has 0 aromatic carbocycles. The number of rotatable bonds is 3. The van der Waals surface area contributed by atoms with E-state index in [1.807, 2.05) is 19.0 Å². The van der Waals surface area contributed by atoms with Crippen LogP contribution in [0.4, 0.5) is 0 Å². The van der Waals surface area contributed by atoms with Crippen LogP contribution in [0.1, 0.15) is 49.1 Å². The first kappa shape index (κ1) is 16.5. The van der Waals surface area contributed by atoms with Gasteiger partial charge in [-0.1, -0.05) is 0 Å². The Labute approximate surface area is 138 Å². The summed E-state index contributed by atoms with van der Waals surface area (Å²) in [7, 11) is 4.03. The molecule has 1 saturated heterocycles. The highest BCUT2D eigenvalue weighted by Crippen LogP contribution is 2.47. The minimum Gasteiger partial charge on any atom is -0.459 e. The van der Waals surface area contributed by atoms with Crippen LogP contribution in [0.3, 0.4) is 0 Å². The average molecular weight is 320 g/mol. The number of furan rings is 1. The fourth-order valence-corrected chi connectivity index (χ4v) is 4.23. The summed E-state index contributed by atoms with van der Waals surface area (Å²) in [5, 5.41) is 10.7. The molecule has 1 saturated carbocycles. The number of likely N-dealkylation sites (N-methyl/N-ethyl adjacent to an activating group) is 1. The maximum absolute atomic E-state index is 12.3. The standard InChI is InChI=1S/C18H28N2O3/c1-19(2)14-18(22)7-5-17(6-8-18)9-11-20(12-10-17)16(21)15-4-3-13-23-15/h3-4,13,22H,5-12,14H2,1-2H3. The largest absolute Gasteiger partial charge is 0.459 e. The molecule has 0 bridgehead atoms. The molecule has 128 valence electrons. The number of aliphatic hydroxyl groups is 1. The normalized spacial score (nSPS) is 23.4. The number of hydrogen-bond donors (Lipinski definition) is 1. The quantitative estimate of drug-likeness (QED) is 0.929. The molecular formula is C18H28N2O3. The van der Waals surface area contributed by atoms with Gasteiger partial charge in [0.15, 0.2) is 5.76 Å². The van der Waals surface area contributed by atoms with Crippen molar-refractivity contribution >= 4 is 5.91 Å². The van der Waals surface area contributed by atoms with Gasteiger partial charge in [-0.3, -0.25) is 4.79 Å². The molecule has 0 unspecified atom stereocenters. The average Bonchev–Trinajstić information content (AvgIpc) is 3.05. The summed E-state index contributed by atoms with van der Waals surface area (Å²) < 4.78 is 5.22. The van der Waals surface area contributed by atoms with Crippen LogP contribution in [0, 0.1) is 5.41 Å². The molecule has 0 radical (unpaired) electrons. The SMILES string of the molecule is CN(C)CC1(O)CCC2(CCN(C(=O)c3ccco3)CC2)CC1. The molecule has 3 rings (SSSR count). The molecule has 5 heteroatoms. The summed E-state index contributed by atoms with van der Waals surface area (Å²) in [6.45, 7) is 2.34. The first-order valence-corrected chi connectivity index (χ1v) is 8.61. The topological polar surface area (TPSA) is 56.9 Å². The lowest BCUT2D eigenvalue weighted by Gasteiger charge is -2.48. The molecular weight excluding hydrogens is 292 g/mol. The van der Waals surface area contributed by atoms with E-state index < -0.39 is 5.60 Å². The van der Waals surface area contributed by atoms with Gasteiger partial charge in [-0.25, -0.2) is 0 Å². The van der Waals surface area contributed by atoms with Crippen molar-refractivity contribution in [1.29, 1.82) is 0 Å². The van der Waals surface area contributed by atoms with Gasteiger partial charge in [0.2, 0.25) is 0 Å². The molecule has 1 amide bonds. The lowest BCUT2D eigenvalue weighted by atomic mass is 9.64. The zero-order valence-corrected chi connectivity index (χ0v) is 14.3. The molecule has 2 aliphatic rings. The third-order valence-corrected chi connectivity index (χ3v) is 5.70. The van der Waals surface area contributed by atoms with Crippen LogP contribution in [0.15, 0.2) is 22.8 Å². The summed E-state index contributed by atoms with van der Waals surface area (Å²) >= 11 is 0. The first-order valence-electron chi connectivity index (χ1n) is 8.61. The van der Waals surface area contributed by atoms with E-state index in [2.05, 4.69) is 4.90 Å². The second kappa shape index (κ2) is 6.29. The Morgan fingerprint density at radius 3 is 2.39 bits per heavy atom. The van der Waals surface area contributed by atoms with Crippen LogP contribution in [-0.2, 0) is 0 Å². The fraction of sp³-hybridized carbons (Fsp3) is 0.722. The number of hydrogen-bond acceptors (Lipinski definition) is 4. The summed E-state index contributed by atoms with van der Waals surface area (Å²) in [6, 6.07) is 3.49. The lowest BCUT2D eigenvalue weighted by Crippen LogP contribution is -2.49. The van der Waals surface area contributed by atoms with Crippen molar-refractivity contribution in [3.8, 4) is 0 Å². The van der Waals surface area contributed by atoms with Crippen molar-refractivity contribution in [1.82, 2.24) is 9.80 Å². The van der Waals surface area contributed by atoms with Crippen molar-refractivity contribution in [2.75, 3.05) is 33.7 Å². The van der Waals surface area contributed by atoms with Gasteiger partial charge in [-0.2, -0.15) is 0 Å². The van der Waals surface area contributed by atoms with Crippen LogP contribution in [0.5, 0.6) is 0 Å². The summed E-state index contributed by atoms with van der Waals surface area (Å²) in [4.78, 5) is 16.3. The lowest BCUT2D eigenvalue weighted by molar-refractivity contribution is -0.0617. The van der Waals surface area contributed by atoms with E-state index >= 15 is 0 Å². The van der Waals surface area contributed by atoms with Gasteiger partial charge in [-0.05, 0) is 70.2 Å². The van der Waals surface area contributed by atoms with Crippen LogP contribution in [-0.4, -0.2) is 60.1 Å².